The summed E-state index contributed by atoms with van der Waals surface area (Å²) in [7, 11) is 0. The Labute approximate surface area is 107 Å². The minimum Gasteiger partial charge on any atom is -0.313 e. The summed E-state index contributed by atoms with van der Waals surface area (Å²) >= 11 is 0. The summed E-state index contributed by atoms with van der Waals surface area (Å²) in [5, 5.41) is 3.48. The van der Waals surface area contributed by atoms with Crippen LogP contribution in [0.1, 0.15) is 55.2 Å². The summed E-state index contributed by atoms with van der Waals surface area (Å²) in [6.45, 7) is 0.867. The van der Waals surface area contributed by atoms with E-state index in [0.717, 1.165) is 12.5 Å². The second-order valence-corrected chi connectivity index (χ2v) is 5.52. The lowest BCUT2D eigenvalue weighted by Gasteiger charge is -2.16. The first-order valence-electron chi connectivity index (χ1n) is 6.92. The lowest BCUT2D eigenvalue weighted by Crippen LogP contribution is -2.28. The maximum Gasteiger partial charge on any atom is 0.122 e. The highest BCUT2D eigenvalue weighted by atomic mass is 15.2. The molecule has 1 aromatic heterocycles. The van der Waals surface area contributed by atoms with Gasteiger partial charge in [-0.25, -0.2) is 4.98 Å². The van der Waals surface area contributed by atoms with Crippen LogP contribution >= 0.6 is 0 Å². The lowest BCUT2D eigenvalue weighted by atomic mass is 10.3. The average molecular weight is 242 g/mol. The molecular weight excluding hydrogens is 224 g/mol. The topological polar surface area (TPSA) is 42.2 Å². The van der Waals surface area contributed by atoms with Gasteiger partial charge in [0, 0.05) is 37.0 Å². The maximum atomic E-state index is 4.88. The van der Waals surface area contributed by atoms with Crippen LogP contribution in [-0.2, 0) is 0 Å². The molecule has 3 aliphatic rings. The second kappa shape index (κ2) is 4.05. The fraction of sp³-hybridized carbons (Fsp3) is 0.571. The van der Waals surface area contributed by atoms with Crippen molar-refractivity contribution in [1.29, 1.82) is 0 Å². The Hall–Kier alpha value is -1.42. The van der Waals surface area contributed by atoms with Crippen LogP contribution in [0.15, 0.2) is 23.5 Å². The van der Waals surface area contributed by atoms with Gasteiger partial charge in [-0.2, -0.15) is 0 Å². The van der Waals surface area contributed by atoms with Crippen molar-refractivity contribution in [3.05, 3.63) is 30.0 Å². The minimum atomic E-state index is 0.163. The standard InChI is InChI=1S/C14H18N4/c1-6-15-8-13(16-7-1)18-9-12(10-2-3-10)17-14(18)11-4-5-11/h1,6,8-11,13,16H,2-5,7H2. The van der Waals surface area contributed by atoms with Gasteiger partial charge in [-0.15, -0.1) is 0 Å². The number of nitrogens with zero attached hydrogens (tertiary/aromatic N) is 3. The Kier molecular flexibility index (Phi) is 2.36. The monoisotopic (exact) mass is 242 g/mol. The minimum absolute atomic E-state index is 0.163. The number of rotatable bonds is 3. The molecular formula is C14H18N4. The number of hydrogen-bond donors (Lipinski definition) is 1. The quantitative estimate of drug-likeness (QED) is 0.884. The van der Waals surface area contributed by atoms with E-state index in [1.165, 1.54) is 37.2 Å². The van der Waals surface area contributed by atoms with Crippen molar-refractivity contribution >= 4 is 6.21 Å². The number of nitrogens with one attached hydrogen (secondary N) is 1. The average Bonchev–Trinajstić information content (AvgIpc) is 3.28. The molecule has 0 spiro atoms. The van der Waals surface area contributed by atoms with Gasteiger partial charge in [0.15, 0.2) is 0 Å². The summed E-state index contributed by atoms with van der Waals surface area (Å²) in [6, 6.07) is 0. The fourth-order valence-corrected chi connectivity index (χ4v) is 2.53. The van der Waals surface area contributed by atoms with Gasteiger partial charge in [-0.05, 0) is 25.7 Å². The molecule has 2 aliphatic carbocycles. The number of aliphatic imine (C=N–C) groups is 1. The zero-order chi connectivity index (χ0) is 11.9. The smallest absolute Gasteiger partial charge is 0.122 e. The molecule has 4 nitrogen and oxygen atoms in total. The van der Waals surface area contributed by atoms with E-state index in [9.17, 15) is 0 Å². The highest BCUT2D eigenvalue weighted by Crippen LogP contribution is 2.44. The number of hydrogen-bond acceptors (Lipinski definition) is 3. The molecule has 1 N–H and O–H groups in total. The Bertz CT molecular complexity index is 506. The summed E-state index contributed by atoms with van der Waals surface area (Å²) in [6.07, 6.45) is 13.5. The maximum absolute atomic E-state index is 4.88. The van der Waals surface area contributed by atoms with Crippen molar-refractivity contribution in [2.24, 2.45) is 4.99 Å². The molecule has 4 heteroatoms. The van der Waals surface area contributed by atoms with Crippen LogP contribution in [0, 0.1) is 0 Å². The van der Waals surface area contributed by atoms with Crippen molar-refractivity contribution < 1.29 is 0 Å². The number of aromatic nitrogens is 2. The third-order valence-corrected chi connectivity index (χ3v) is 3.88. The molecule has 1 atom stereocenters. The van der Waals surface area contributed by atoms with E-state index in [2.05, 4.69) is 21.1 Å². The highest BCUT2D eigenvalue weighted by Gasteiger charge is 2.34. The van der Waals surface area contributed by atoms with Gasteiger partial charge in [-0.3, -0.25) is 10.3 Å². The van der Waals surface area contributed by atoms with Crippen molar-refractivity contribution in [3.63, 3.8) is 0 Å². The van der Waals surface area contributed by atoms with Gasteiger partial charge in [0.2, 0.25) is 0 Å². The first kappa shape index (κ1) is 10.5. The predicted octanol–water partition coefficient (Wildman–Crippen LogP) is 2.32. The Morgan fingerprint density at radius 3 is 2.78 bits per heavy atom. The van der Waals surface area contributed by atoms with E-state index < -0.39 is 0 Å². The predicted molar refractivity (Wildman–Crippen MR) is 70.8 cm³/mol. The SMILES string of the molecule is C1=CN=CC(n2cc(C3CC3)nc2C2CC2)NC1. The molecule has 4 rings (SSSR count). The molecule has 0 radical (unpaired) electrons. The summed E-state index contributed by atoms with van der Waals surface area (Å²) < 4.78 is 2.31. The van der Waals surface area contributed by atoms with Crippen LogP contribution in [0.3, 0.4) is 0 Å². The molecule has 2 fully saturated rings. The van der Waals surface area contributed by atoms with Gasteiger partial charge in [-0.1, -0.05) is 6.08 Å². The second-order valence-electron chi connectivity index (χ2n) is 5.52. The van der Waals surface area contributed by atoms with Gasteiger partial charge in [0.25, 0.3) is 0 Å². The van der Waals surface area contributed by atoms with Crippen LogP contribution in [0.4, 0.5) is 0 Å². The van der Waals surface area contributed by atoms with Crippen molar-refractivity contribution in [2.75, 3.05) is 6.54 Å². The van der Waals surface area contributed by atoms with Crippen LogP contribution < -0.4 is 5.32 Å². The van der Waals surface area contributed by atoms with E-state index in [1.807, 2.05) is 18.5 Å². The normalized spacial score (nSPS) is 27.4. The van der Waals surface area contributed by atoms with Crippen LogP contribution in [0.25, 0.3) is 0 Å². The van der Waals surface area contributed by atoms with E-state index in [4.69, 9.17) is 4.98 Å². The van der Waals surface area contributed by atoms with E-state index >= 15 is 0 Å². The van der Waals surface area contributed by atoms with Crippen molar-refractivity contribution in [1.82, 2.24) is 14.9 Å². The van der Waals surface area contributed by atoms with Gasteiger partial charge >= 0.3 is 0 Å². The Morgan fingerprint density at radius 1 is 1.17 bits per heavy atom. The zero-order valence-corrected chi connectivity index (χ0v) is 10.4. The Morgan fingerprint density at radius 2 is 2.00 bits per heavy atom. The lowest BCUT2D eigenvalue weighted by molar-refractivity contribution is 0.527. The summed E-state index contributed by atoms with van der Waals surface area (Å²) in [5.74, 6) is 2.68. The van der Waals surface area contributed by atoms with Gasteiger partial charge in [0.05, 0.1) is 5.69 Å². The molecule has 2 saturated carbocycles. The molecule has 18 heavy (non-hydrogen) atoms. The first-order chi connectivity index (χ1) is 8.92. The molecule has 0 aromatic carbocycles. The first-order valence-corrected chi connectivity index (χ1v) is 6.92. The molecule has 2 heterocycles. The van der Waals surface area contributed by atoms with Crippen LogP contribution in [0.2, 0.25) is 0 Å². The van der Waals surface area contributed by atoms with Crippen LogP contribution in [0.5, 0.6) is 0 Å². The van der Waals surface area contributed by atoms with Gasteiger partial charge in [0.1, 0.15) is 12.0 Å². The summed E-state index contributed by atoms with van der Waals surface area (Å²) in [5.41, 5.74) is 1.30. The molecule has 0 amide bonds. The fourth-order valence-electron chi connectivity index (χ4n) is 2.53. The Balaban J connectivity index is 1.68. The molecule has 1 unspecified atom stereocenters. The van der Waals surface area contributed by atoms with E-state index in [1.54, 1.807) is 0 Å². The summed E-state index contributed by atoms with van der Waals surface area (Å²) in [4.78, 5) is 9.18. The number of imidazole rings is 1. The van der Waals surface area contributed by atoms with Crippen molar-refractivity contribution in [3.8, 4) is 0 Å². The van der Waals surface area contributed by atoms with Crippen LogP contribution in [-0.4, -0.2) is 22.3 Å². The van der Waals surface area contributed by atoms with E-state index in [0.29, 0.717) is 5.92 Å². The molecule has 1 aliphatic heterocycles. The third-order valence-electron chi connectivity index (χ3n) is 3.88. The van der Waals surface area contributed by atoms with Crippen molar-refractivity contribution in [2.45, 2.75) is 43.7 Å². The molecule has 94 valence electrons. The highest BCUT2D eigenvalue weighted by molar-refractivity contribution is 5.63. The zero-order valence-electron chi connectivity index (χ0n) is 10.4. The third kappa shape index (κ3) is 1.90. The molecule has 1 aromatic rings. The van der Waals surface area contributed by atoms with Gasteiger partial charge < -0.3 is 4.57 Å². The largest absolute Gasteiger partial charge is 0.313 e. The van der Waals surface area contributed by atoms with E-state index in [-0.39, 0.29) is 6.17 Å². The molecule has 0 saturated heterocycles. The molecule has 0 bridgehead atoms.